The molecular formula is C24H26N6OS2. The molecule has 9 heteroatoms. The maximum Gasteiger partial charge on any atom is 0.269 e. The quantitative estimate of drug-likeness (QED) is 0.252. The lowest BCUT2D eigenvalue weighted by atomic mass is 10.1. The Kier molecular flexibility index (Phi) is 6.61. The first-order valence-electron chi connectivity index (χ1n) is 11.3. The molecule has 0 unspecified atom stereocenters. The normalized spacial score (nSPS) is 13.5. The maximum atomic E-state index is 13.3. The van der Waals surface area contributed by atoms with Gasteiger partial charge in [-0.05, 0) is 50.3 Å². The molecule has 0 aliphatic heterocycles. The van der Waals surface area contributed by atoms with E-state index in [9.17, 15) is 4.79 Å². The molecule has 4 N–H and O–H groups in total. The van der Waals surface area contributed by atoms with Crippen LogP contribution in [0.1, 0.15) is 46.6 Å². The van der Waals surface area contributed by atoms with E-state index in [1.807, 2.05) is 30.3 Å². The zero-order valence-electron chi connectivity index (χ0n) is 18.3. The molecule has 3 heterocycles. The molecule has 1 aliphatic rings. The number of carbonyl (C=O) groups excluding carboxylic acids is 1. The lowest BCUT2D eigenvalue weighted by Crippen LogP contribution is -2.14. The van der Waals surface area contributed by atoms with Crippen molar-refractivity contribution >= 4 is 49.6 Å². The fourth-order valence-corrected chi connectivity index (χ4v) is 5.89. The van der Waals surface area contributed by atoms with Crippen molar-refractivity contribution in [3.63, 3.8) is 0 Å². The number of rotatable bonds is 7. The van der Waals surface area contributed by atoms with Crippen molar-refractivity contribution < 1.29 is 4.79 Å². The van der Waals surface area contributed by atoms with Gasteiger partial charge in [-0.15, -0.1) is 21.5 Å². The van der Waals surface area contributed by atoms with Crippen molar-refractivity contribution in [2.75, 3.05) is 23.7 Å². The van der Waals surface area contributed by atoms with Crippen LogP contribution in [0.15, 0.2) is 36.4 Å². The fraction of sp³-hybridized carbons (Fsp3) is 0.333. The van der Waals surface area contributed by atoms with Crippen LogP contribution >= 0.6 is 22.7 Å². The number of thiophene rings is 1. The zero-order chi connectivity index (χ0) is 22.6. The number of aryl methyl sites for hydroxylation is 2. The average Bonchev–Trinajstić information content (AvgIpc) is 3.36. The van der Waals surface area contributed by atoms with Crippen LogP contribution in [0.25, 0.3) is 20.8 Å². The predicted octanol–water partition coefficient (Wildman–Crippen LogP) is 5.10. The molecule has 0 atom stereocenters. The minimum atomic E-state index is -0.195. The van der Waals surface area contributed by atoms with Crippen molar-refractivity contribution in [3.05, 3.63) is 52.5 Å². The molecule has 0 fully saturated rings. The smallest absolute Gasteiger partial charge is 0.269 e. The van der Waals surface area contributed by atoms with Crippen LogP contribution in [0.4, 0.5) is 10.8 Å². The molecule has 0 saturated carbocycles. The molecule has 0 bridgehead atoms. The third-order valence-corrected chi connectivity index (χ3v) is 7.75. The first-order chi connectivity index (χ1) is 16.2. The summed E-state index contributed by atoms with van der Waals surface area (Å²) in [6.07, 6.45) is 6.49. The molecule has 3 aromatic heterocycles. The number of amides is 1. The van der Waals surface area contributed by atoms with Crippen molar-refractivity contribution in [1.82, 2.24) is 15.2 Å². The van der Waals surface area contributed by atoms with Gasteiger partial charge in [0.25, 0.3) is 5.91 Å². The first-order valence-corrected chi connectivity index (χ1v) is 13.0. The van der Waals surface area contributed by atoms with E-state index in [4.69, 9.17) is 10.7 Å². The number of pyridine rings is 1. The van der Waals surface area contributed by atoms with Crippen molar-refractivity contribution in [1.29, 1.82) is 0 Å². The Balaban J connectivity index is 1.46. The second kappa shape index (κ2) is 9.94. The van der Waals surface area contributed by atoms with Gasteiger partial charge in [-0.2, -0.15) is 0 Å². The number of hydrogen-bond donors (Lipinski definition) is 3. The molecular weight excluding hydrogens is 452 g/mol. The summed E-state index contributed by atoms with van der Waals surface area (Å²) >= 11 is 2.80. The van der Waals surface area contributed by atoms with Gasteiger partial charge in [0.05, 0.1) is 5.69 Å². The number of carbonyl (C=O) groups is 1. The highest BCUT2D eigenvalue weighted by atomic mass is 32.1. The molecule has 1 aromatic carbocycles. The summed E-state index contributed by atoms with van der Waals surface area (Å²) in [6, 6.07) is 12.1. The van der Waals surface area contributed by atoms with E-state index in [0.717, 1.165) is 45.7 Å². The van der Waals surface area contributed by atoms with Crippen LogP contribution in [-0.2, 0) is 12.8 Å². The summed E-state index contributed by atoms with van der Waals surface area (Å²) in [4.78, 5) is 19.8. The van der Waals surface area contributed by atoms with Crippen LogP contribution in [0.5, 0.6) is 0 Å². The minimum Gasteiger partial charge on any atom is -0.383 e. The highest BCUT2D eigenvalue weighted by Crippen LogP contribution is 2.38. The third kappa shape index (κ3) is 4.75. The van der Waals surface area contributed by atoms with Gasteiger partial charge in [-0.1, -0.05) is 48.1 Å². The Hall–Kier alpha value is -2.88. The number of fused-ring (bicyclic) bond motifs is 2. The molecule has 1 amide bonds. The first kappa shape index (κ1) is 21.9. The highest BCUT2D eigenvalue weighted by molar-refractivity contribution is 7.21. The van der Waals surface area contributed by atoms with Crippen LogP contribution < -0.4 is 16.4 Å². The van der Waals surface area contributed by atoms with Crippen molar-refractivity contribution in [3.8, 4) is 10.6 Å². The van der Waals surface area contributed by atoms with Gasteiger partial charge in [0.2, 0.25) is 5.13 Å². The van der Waals surface area contributed by atoms with Crippen molar-refractivity contribution in [2.24, 2.45) is 5.73 Å². The predicted molar refractivity (Wildman–Crippen MR) is 136 cm³/mol. The topological polar surface area (TPSA) is 106 Å². The number of nitrogens with zero attached hydrogens (tertiary/aromatic N) is 3. The molecule has 4 aromatic rings. The van der Waals surface area contributed by atoms with Gasteiger partial charge in [0, 0.05) is 23.2 Å². The Morgan fingerprint density at radius 2 is 1.91 bits per heavy atom. The lowest BCUT2D eigenvalue weighted by Gasteiger charge is -2.09. The van der Waals surface area contributed by atoms with Crippen LogP contribution in [0.3, 0.4) is 0 Å². The lowest BCUT2D eigenvalue weighted by molar-refractivity contribution is 0.103. The Bertz CT molecular complexity index is 1270. The molecule has 7 nitrogen and oxygen atoms in total. The molecule has 0 radical (unpaired) electrons. The third-order valence-electron chi connectivity index (χ3n) is 5.77. The zero-order valence-corrected chi connectivity index (χ0v) is 19.9. The number of anilines is 2. The van der Waals surface area contributed by atoms with Gasteiger partial charge in [-0.25, -0.2) is 4.98 Å². The van der Waals surface area contributed by atoms with Crippen LogP contribution in [-0.4, -0.2) is 34.2 Å². The van der Waals surface area contributed by atoms with Crippen LogP contribution in [0, 0.1) is 0 Å². The molecule has 0 saturated heterocycles. The van der Waals surface area contributed by atoms with E-state index in [-0.39, 0.29) is 5.91 Å². The standard InChI is InChI=1S/C24H26N6OS2/c25-12-7-13-26-19-17-14-16-10-5-2-6-11-18(16)27-23(17)32-20(19)21(31)28-24-30-29-22(33-24)15-8-3-1-4-9-15/h1,3-4,8-9,14,26H,2,5-7,10-13,25H2,(H,28,30,31). The Morgan fingerprint density at radius 1 is 1.06 bits per heavy atom. The number of benzene rings is 1. The second-order valence-electron chi connectivity index (χ2n) is 8.12. The highest BCUT2D eigenvalue weighted by Gasteiger charge is 2.23. The fourth-order valence-electron chi connectivity index (χ4n) is 4.09. The summed E-state index contributed by atoms with van der Waals surface area (Å²) in [7, 11) is 0. The Morgan fingerprint density at radius 3 is 2.76 bits per heavy atom. The van der Waals surface area contributed by atoms with E-state index in [2.05, 4.69) is 26.9 Å². The van der Waals surface area contributed by atoms with E-state index in [1.54, 1.807) is 0 Å². The number of hydrogen-bond acceptors (Lipinski definition) is 8. The number of nitrogens with two attached hydrogens (primary N) is 1. The summed E-state index contributed by atoms with van der Waals surface area (Å²) in [5.74, 6) is -0.195. The molecule has 0 spiro atoms. The van der Waals surface area contributed by atoms with Gasteiger partial charge < -0.3 is 11.1 Å². The largest absolute Gasteiger partial charge is 0.383 e. The van der Waals surface area contributed by atoms with E-state index < -0.39 is 0 Å². The molecule has 33 heavy (non-hydrogen) atoms. The van der Waals surface area contributed by atoms with E-state index in [0.29, 0.717) is 23.1 Å². The monoisotopic (exact) mass is 478 g/mol. The maximum absolute atomic E-state index is 13.3. The molecule has 5 rings (SSSR count). The van der Waals surface area contributed by atoms with Crippen molar-refractivity contribution in [2.45, 2.75) is 38.5 Å². The van der Waals surface area contributed by atoms with E-state index >= 15 is 0 Å². The average molecular weight is 479 g/mol. The SMILES string of the molecule is NCCCNc1c(C(=O)Nc2nnc(-c3ccccc3)s2)sc2nc3c(cc12)CCCCC3. The second-order valence-corrected chi connectivity index (χ2v) is 10.1. The van der Waals surface area contributed by atoms with E-state index in [1.165, 1.54) is 53.2 Å². The summed E-state index contributed by atoms with van der Waals surface area (Å²) in [5.41, 5.74) is 10.0. The van der Waals surface area contributed by atoms with Crippen LogP contribution in [0.2, 0.25) is 0 Å². The number of aromatic nitrogens is 3. The van der Waals surface area contributed by atoms with Gasteiger partial charge in [-0.3, -0.25) is 10.1 Å². The van der Waals surface area contributed by atoms with Gasteiger partial charge >= 0.3 is 0 Å². The molecule has 1 aliphatic carbocycles. The van der Waals surface area contributed by atoms with Gasteiger partial charge in [0.1, 0.15) is 14.7 Å². The Labute approximate surface area is 200 Å². The summed E-state index contributed by atoms with van der Waals surface area (Å²) in [5, 5.41) is 17.1. The summed E-state index contributed by atoms with van der Waals surface area (Å²) < 4.78 is 0. The van der Waals surface area contributed by atoms with Gasteiger partial charge in [0.15, 0.2) is 0 Å². The minimum absolute atomic E-state index is 0.195. The number of nitrogens with one attached hydrogen (secondary N) is 2. The molecule has 170 valence electrons. The summed E-state index contributed by atoms with van der Waals surface area (Å²) in [6.45, 7) is 1.30.